The zero-order chi connectivity index (χ0) is 50.0. The minimum absolute atomic E-state index is 0.00620. The van der Waals surface area contributed by atoms with Gasteiger partial charge in [0.15, 0.2) is 0 Å². The number of benzene rings is 8. The Hall–Kier alpha value is -7.04. The maximum absolute atomic E-state index is 7.25. The molecule has 13 rings (SSSR count). The lowest BCUT2D eigenvalue weighted by Gasteiger charge is -2.42. The van der Waals surface area contributed by atoms with Gasteiger partial charge in [0.05, 0.1) is 0 Å². The molecule has 362 valence electrons. The third-order valence-corrected chi connectivity index (χ3v) is 17.9. The number of para-hydroxylation sites is 2. The van der Waals surface area contributed by atoms with Gasteiger partial charge in [0.2, 0.25) is 0 Å². The lowest BCUT2D eigenvalue weighted by molar-refractivity contribution is 0.381. The predicted octanol–water partition coefficient (Wildman–Crippen LogP) is 17.1. The Morgan fingerprint density at radius 2 is 1.15 bits per heavy atom. The van der Waals surface area contributed by atoms with Crippen LogP contribution in [0.4, 0.5) is 34.1 Å². The molecule has 0 N–H and O–H groups in total. The van der Waals surface area contributed by atoms with Gasteiger partial charge in [0, 0.05) is 50.4 Å². The van der Waals surface area contributed by atoms with Crippen LogP contribution in [0.1, 0.15) is 116 Å². The van der Waals surface area contributed by atoms with E-state index in [4.69, 9.17) is 4.74 Å². The minimum atomic E-state index is -0.248. The molecule has 2 heterocycles. The highest BCUT2D eigenvalue weighted by atomic mass is 16.5. The van der Waals surface area contributed by atoms with Gasteiger partial charge >= 0.3 is 0 Å². The summed E-state index contributed by atoms with van der Waals surface area (Å²) in [6, 6.07) is 62.1. The third-order valence-electron chi connectivity index (χ3n) is 17.9. The Morgan fingerprint density at radius 1 is 0.534 bits per heavy atom. The van der Waals surface area contributed by atoms with E-state index in [0.29, 0.717) is 11.8 Å². The number of anilines is 6. The highest BCUT2D eigenvalue weighted by Crippen LogP contribution is 2.53. The van der Waals surface area contributed by atoms with Crippen LogP contribution in [0.25, 0.3) is 21.9 Å². The first-order chi connectivity index (χ1) is 35.3. The maximum atomic E-state index is 7.25. The lowest BCUT2D eigenvalue weighted by atomic mass is 9.33. The van der Waals surface area contributed by atoms with Crippen LogP contribution in [0.15, 0.2) is 187 Å². The lowest BCUT2D eigenvalue weighted by Crippen LogP contribution is -2.60. The van der Waals surface area contributed by atoms with Gasteiger partial charge in [-0.1, -0.05) is 158 Å². The highest BCUT2D eigenvalue weighted by Gasteiger charge is 2.46. The quantitative estimate of drug-likeness (QED) is 0.111. The first-order valence-corrected chi connectivity index (χ1v) is 27.3. The van der Waals surface area contributed by atoms with Gasteiger partial charge in [-0.2, -0.15) is 0 Å². The molecule has 0 radical (unpaired) electrons. The summed E-state index contributed by atoms with van der Waals surface area (Å²) in [4.78, 5) is 4.90. The van der Waals surface area contributed by atoms with Crippen molar-refractivity contribution in [1.82, 2.24) is 0 Å². The van der Waals surface area contributed by atoms with Gasteiger partial charge in [0.1, 0.15) is 11.5 Å². The summed E-state index contributed by atoms with van der Waals surface area (Å²) in [7, 11) is 0. The minimum Gasteiger partial charge on any atom is -0.458 e. The van der Waals surface area contributed by atoms with Crippen molar-refractivity contribution in [2.45, 2.75) is 110 Å². The molecule has 0 aromatic heterocycles. The van der Waals surface area contributed by atoms with Crippen molar-refractivity contribution < 1.29 is 4.74 Å². The zero-order valence-corrected chi connectivity index (χ0v) is 44.0. The van der Waals surface area contributed by atoms with E-state index in [-0.39, 0.29) is 23.0 Å². The molecule has 8 aromatic rings. The number of allylic oxidation sites excluding steroid dienone is 4. The number of nitrogens with zero attached hydrogens (tertiary/aromatic N) is 2. The SMILES string of the molecule is CCC1=CC(C)(c2ccc(N3c4ccc(C5(C)C=C(CC)CC(C)C5)cc4B4c5cc6c(cc5Oc5cccc3c54)-c3cc4ccc(N(c5ccccc5)c5ccccc5)cc4cc3C6(C)C)cc2)CC(C)C1. The number of rotatable bonds is 8. The number of ether oxygens (including phenoxy) is 1. The molecule has 3 nitrogen and oxygen atoms in total. The summed E-state index contributed by atoms with van der Waals surface area (Å²) in [6.45, 7) is 19.3. The van der Waals surface area contributed by atoms with E-state index in [1.807, 2.05) is 0 Å². The van der Waals surface area contributed by atoms with Crippen molar-refractivity contribution in [3.63, 3.8) is 0 Å². The smallest absolute Gasteiger partial charge is 0.256 e. The largest absolute Gasteiger partial charge is 0.458 e. The van der Waals surface area contributed by atoms with E-state index < -0.39 is 0 Å². The molecule has 0 spiro atoms. The van der Waals surface area contributed by atoms with Crippen LogP contribution < -0.4 is 30.9 Å². The van der Waals surface area contributed by atoms with Gasteiger partial charge in [0.25, 0.3) is 6.71 Å². The highest BCUT2D eigenvalue weighted by molar-refractivity contribution is 6.99. The Labute approximate surface area is 434 Å². The second-order valence-electron chi connectivity index (χ2n) is 23.6. The summed E-state index contributed by atoms with van der Waals surface area (Å²) in [5, 5.41) is 2.47. The molecule has 8 aromatic carbocycles. The van der Waals surface area contributed by atoms with Gasteiger partial charge in [-0.25, -0.2) is 0 Å². The molecule has 73 heavy (non-hydrogen) atoms. The molecule has 4 heteroatoms. The van der Waals surface area contributed by atoms with Gasteiger partial charge < -0.3 is 14.5 Å². The first-order valence-electron chi connectivity index (χ1n) is 27.3. The second-order valence-corrected chi connectivity index (χ2v) is 23.6. The summed E-state index contributed by atoms with van der Waals surface area (Å²) >= 11 is 0. The molecule has 4 unspecified atom stereocenters. The van der Waals surface area contributed by atoms with Gasteiger partial charge in [-0.05, 0) is 196 Å². The van der Waals surface area contributed by atoms with E-state index in [0.717, 1.165) is 47.8 Å². The molecule has 2 aliphatic heterocycles. The van der Waals surface area contributed by atoms with E-state index >= 15 is 0 Å². The third kappa shape index (κ3) is 7.37. The molecule has 3 aliphatic carbocycles. The topological polar surface area (TPSA) is 15.7 Å². The maximum Gasteiger partial charge on any atom is 0.256 e. The summed E-state index contributed by atoms with van der Waals surface area (Å²) in [5.74, 6) is 3.21. The van der Waals surface area contributed by atoms with Crippen molar-refractivity contribution in [2.24, 2.45) is 11.8 Å². The van der Waals surface area contributed by atoms with Crippen LogP contribution in [0.5, 0.6) is 11.5 Å². The molecular formula is C69H67BN2O. The van der Waals surface area contributed by atoms with Crippen molar-refractivity contribution in [3.05, 3.63) is 209 Å². The van der Waals surface area contributed by atoms with Crippen LogP contribution in [0.2, 0.25) is 0 Å². The number of fused-ring (bicyclic) bond motifs is 8. The number of hydrogen-bond acceptors (Lipinski definition) is 3. The van der Waals surface area contributed by atoms with E-state index in [1.165, 1.54) is 96.9 Å². The van der Waals surface area contributed by atoms with Crippen molar-refractivity contribution >= 4 is 68.0 Å². The Morgan fingerprint density at radius 3 is 1.81 bits per heavy atom. The summed E-state index contributed by atoms with van der Waals surface area (Å²) in [6.07, 6.45) is 12.2. The van der Waals surface area contributed by atoms with E-state index in [1.54, 1.807) is 11.1 Å². The monoisotopic (exact) mass is 951 g/mol. The number of hydrogen-bond donors (Lipinski definition) is 0. The second kappa shape index (κ2) is 17.0. The summed E-state index contributed by atoms with van der Waals surface area (Å²) in [5.41, 5.74) is 21.9. The van der Waals surface area contributed by atoms with Gasteiger partial charge in [-0.15, -0.1) is 0 Å². The molecule has 0 saturated carbocycles. The molecule has 0 fully saturated rings. The van der Waals surface area contributed by atoms with E-state index in [9.17, 15) is 0 Å². The molecular weight excluding hydrogens is 884 g/mol. The fraction of sp³-hybridized carbons (Fsp3) is 0.275. The molecule has 5 aliphatic rings. The van der Waals surface area contributed by atoms with Crippen molar-refractivity contribution in [1.29, 1.82) is 0 Å². The fourth-order valence-electron chi connectivity index (χ4n) is 14.5. The van der Waals surface area contributed by atoms with Crippen molar-refractivity contribution in [2.75, 3.05) is 9.80 Å². The Bertz CT molecular complexity index is 3530. The Balaban J connectivity index is 0.951. The molecule has 0 amide bonds. The van der Waals surface area contributed by atoms with Crippen LogP contribution in [0, 0.1) is 11.8 Å². The molecule has 4 atom stereocenters. The fourth-order valence-corrected chi connectivity index (χ4v) is 14.5. The van der Waals surface area contributed by atoms with E-state index in [2.05, 4.69) is 241 Å². The van der Waals surface area contributed by atoms with Crippen molar-refractivity contribution in [3.8, 4) is 22.6 Å². The predicted molar refractivity (Wildman–Crippen MR) is 310 cm³/mol. The van der Waals surface area contributed by atoms with Crippen LogP contribution in [-0.4, -0.2) is 6.71 Å². The Kier molecular flexibility index (Phi) is 10.7. The average Bonchev–Trinajstić information content (AvgIpc) is 3.61. The standard InChI is InChI=1S/C69H67BN2O/c1-9-46-32-44(3)40-68(7,42-46)50-25-29-54(30-26-50)72-62-31-27-51(69(8)41-45(4)33-47(10-2)43-69)37-60(62)70-61-39-59-57(38-65(61)73-64-23-17-22-63(72)66(64)70)56-35-48-24-28-55(34-49(48)36-58(56)67(59,5)6)71(52-18-13-11-14-19-52)53-20-15-12-16-21-53/h11-31,34-39,42-45H,9-10,32-33,40-41H2,1-8H3. The van der Waals surface area contributed by atoms with Crippen LogP contribution in [-0.2, 0) is 16.2 Å². The first kappa shape index (κ1) is 45.8. The average molecular weight is 951 g/mol. The zero-order valence-electron chi connectivity index (χ0n) is 44.0. The molecule has 0 saturated heterocycles. The normalized spacial score (nSPS) is 22.0. The van der Waals surface area contributed by atoms with Crippen LogP contribution >= 0.6 is 0 Å². The van der Waals surface area contributed by atoms with Gasteiger partial charge in [-0.3, -0.25) is 0 Å². The van der Waals surface area contributed by atoms with Crippen LogP contribution in [0.3, 0.4) is 0 Å². The summed E-state index contributed by atoms with van der Waals surface area (Å²) < 4.78 is 7.25. The molecule has 0 bridgehead atoms.